The molecule has 3 aromatic carbocycles. The van der Waals surface area contributed by atoms with Gasteiger partial charge in [-0.15, -0.1) is 0 Å². The number of rotatable bonds is 11. The number of benzene rings is 3. The van der Waals surface area contributed by atoms with Crippen molar-refractivity contribution in [1.29, 1.82) is 0 Å². The van der Waals surface area contributed by atoms with Crippen molar-refractivity contribution >= 4 is 11.9 Å². The van der Waals surface area contributed by atoms with Gasteiger partial charge in [0.1, 0.15) is 5.75 Å². The highest BCUT2D eigenvalue weighted by molar-refractivity contribution is 5.76. The Morgan fingerprint density at radius 3 is 1.77 bits per heavy atom. The number of nitrogens with zero attached hydrogens (tertiary/aromatic N) is 1. The lowest BCUT2D eigenvalue weighted by molar-refractivity contribution is -0.147. The van der Waals surface area contributed by atoms with Gasteiger partial charge in [-0.3, -0.25) is 4.79 Å². The van der Waals surface area contributed by atoms with Crippen LogP contribution in [0.3, 0.4) is 0 Å². The Labute approximate surface area is 183 Å². The Kier molecular flexibility index (Phi) is 8.68. The van der Waals surface area contributed by atoms with Gasteiger partial charge in [0, 0.05) is 19.5 Å². The Morgan fingerprint density at radius 2 is 1.23 bits per heavy atom. The summed E-state index contributed by atoms with van der Waals surface area (Å²) in [4.78, 5) is 26.5. The van der Waals surface area contributed by atoms with Crippen LogP contribution in [-0.4, -0.2) is 30.0 Å². The molecule has 0 bridgehead atoms. The Hall–Kier alpha value is -3.60. The summed E-state index contributed by atoms with van der Waals surface area (Å²) in [5, 5.41) is 0. The van der Waals surface area contributed by atoms with Crippen LogP contribution in [0, 0.1) is 0 Å². The first-order chi connectivity index (χ1) is 15.2. The van der Waals surface area contributed by atoms with E-state index in [-0.39, 0.29) is 19.1 Å². The summed E-state index contributed by atoms with van der Waals surface area (Å²) >= 11 is 0. The standard InChI is InChI=1S/C26H27NO4/c28-25(17-10-18-30-26(29)21-31-24-15-8-3-9-16-24)27(19-22-11-4-1-5-12-22)20-23-13-6-2-7-14-23/h1-9,11-16H,10,17-21H2. The van der Waals surface area contributed by atoms with Gasteiger partial charge in [0.05, 0.1) is 6.61 Å². The van der Waals surface area contributed by atoms with Crippen molar-refractivity contribution in [2.24, 2.45) is 0 Å². The second kappa shape index (κ2) is 12.2. The maximum absolute atomic E-state index is 12.9. The van der Waals surface area contributed by atoms with Gasteiger partial charge in [-0.05, 0) is 29.7 Å². The van der Waals surface area contributed by atoms with Crippen LogP contribution in [0.2, 0.25) is 0 Å². The molecule has 160 valence electrons. The molecule has 0 spiro atoms. The molecule has 0 radical (unpaired) electrons. The molecule has 0 heterocycles. The molecule has 0 saturated carbocycles. The molecule has 5 nitrogen and oxygen atoms in total. The van der Waals surface area contributed by atoms with Crippen molar-refractivity contribution in [2.75, 3.05) is 13.2 Å². The van der Waals surface area contributed by atoms with E-state index >= 15 is 0 Å². The van der Waals surface area contributed by atoms with Crippen molar-refractivity contribution in [3.05, 3.63) is 102 Å². The monoisotopic (exact) mass is 417 g/mol. The van der Waals surface area contributed by atoms with Crippen LogP contribution in [0.1, 0.15) is 24.0 Å². The van der Waals surface area contributed by atoms with Crippen LogP contribution in [-0.2, 0) is 27.4 Å². The van der Waals surface area contributed by atoms with Gasteiger partial charge in [0.2, 0.25) is 5.91 Å². The Balaban J connectivity index is 1.45. The van der Waals surface area contributed by atoms with Crippen LogP contribution < -0.4 is 4.74 Å². The third-order valence-electron chi connectivity index (χ3n) is 4.68. The molecule has 0 aliphatic heterocycles. The normalized spacial score (nSPS) is 10.3. The van der Waals surface area contributed by atoms with E-state index in [2.05, 4.69) is 0 Å². The number of hydrogen-bond donors (Lipinski definition) is 0. The maximum Gasteiger partial charge on any atom is 0.344 e. The van der Waals surface area contributed by atoms with Crippen LogP contribution in [0.5, 0.6) is 5.75 Å². The molecule has 0 unspecified atom stereocenters. The number of esters is 1. The maximum atomic E-state index is 12.9. The molecule has 31 heavy (non-hydrogen) atoms. The van der Waals surface area contributed by atoms with Crippen molar-refractivity contribution in [1.82, 2.24) is 4.90 Å². The van der Waals surface area contributed by atoms with Gasteiger partial charge < -0.3 is 14.4 Å². The summed E-state index contributed by atoms with van der Waals surface area (Å²) in [5.41, 5.74) is 2.16. The first-order valence-electron chi connectivity index (χ1n) is 10.4. The third kappa shape index (κ3) is 7.97. The fraction of sp³-hybridized carbons (Fsp3) is 0.231. The van der Waals surface area contributed by atoms with E-state index in [1.807, 2.05) is 83.8 Å². The minimum atomic E-state index is -0.443. The molecule has 5 heteroatoms. The Morgan fingerprint density at radius 1 is 0.710 bits per heavy atom. The average molecular weight is 418 g/mol. The summed E-state index contributed by atoms with van der Waals surface area (Å²) in [6, 6.07) is 29.0. The molecule has 0 fully saturated rings. The van der Waals surface area contributed by atoms with Crippen molar-refractivity contribution in [3.63, 3.8) is 0 Å². The molecule has 0 atom stereocenters. The molecule has 3 aromatic rings. The van der Waals surface area contributed by atoms with E-state index in [9.17, 15) is 9.59 Å². The third-order valence-corrected chi connectivity index (χ3v) is 4.68. The smallest absolute Gasteiger partial charge is 0.344 e. The predicted octanol–water partition coefficient (Wildman–Crippen LogP) is 4.62. The minimum Gasteiger partial charge on any atom is -0.482 e. The zero-order chi connectivity index (χ0) is 21.7. The number of ether oxygens (including phenoxy) is 2. The second-order valence-corrected chi connectivity index (χ2v) is 7.15. The lowest BCUT2D eigenvalue weighted by atomic mass is 10.1. The summed E-state index contributed by atoms with van der Waals surface area (Å²) in [6.45, 7) is 1.12. The molecule has 1 amide bonds. The zero-order valence-electron chi connectivity index (χ0n) is 17.5. The highest BCUT2D eigenvalue weighted by atomic mass is 16.6. The number of para-hydroxylation sites is 1. The fourth-order valence-corrected chi connectivity index (χ4v) is 3.11. The van der Waals surface area contributed by atoms with Crippen LogP contribution in [0.4, 0.5) is 0 Å². The van der Waals surface area contributed by atoms with E-state index in [1.54, 1.807) is 12.1 Å². The molecule has 3 rings (SSSR count). The van der Waals surface area contributed by atoms with Crippen molar-refractivity contribution < 1.29 is 19.1 Å². The summed E-state index contributed by atoms with van der Waals surface area (Å²) in [7, 11) is 0. The van der Waals surface area contributed by atoms with Gasteiger partial charge >= 0.3 is 5.97 Å². The lowest BCUT2D eigenvalue weighted by Crippen LogP contribution is -2.30. The number of carbonyl (C=O) groups excluding carboxylic acids is 2. The zero-order valence-corrected chi connectivity index (χ0v) is 17.5. The molecule has 0 N–H and O–H groups in total. The van der Waals surface area contributed by atoms with E-state index in [0.29, 0.717) is 31.7 Å². The highest BCUT2D eigenvalue weighted by Gasteiger charge is 2.15. The molecular formula is C26H27NO4. The predicted molar refractivity (Wildman–Crippen MR) is 119 cm³/mol. The lowest BCUT2D eigenvalue weighted by Gasteiger charge is -2.23. The van der Waals surface area contributed by atoms with Gasteiger partial charge in [-0.1, -0.05) is 78.9 Å². The SMILES string of the molecule is O=C(COc1ccccc1)OCCCC(=O)N(Cc1ccccc1)Cc1ccccc1. The van der Waals surface area contributed by atoms with E-state index < -0.39 is 5.97 Å². The van der Waals surface area contributed by atoms with E-state index in [1.165, 1.54) is 0 Å². The number of amides is 1. The topological polar surface area (TPSA) is 55.8 Å². The van der Waals surface area contributed by atoms with Crippen LogP contribution >= 0.6 is 0 Å². The summed E-state index contributed by atoms with van der Waals surface area (Å²) in [6.07, 6.45) is 0.780. The number of hydrogen-bond acceptors (Lipinski definition) is 4. The molecule has 0 aromatic heterocycles. The largest absolute Gasteiger partial charge is 0.482 e. The van der Waals surface area contributed by atoms with Gasteiger partial charge in [-0.2, -0.15) is 0 Å². The number of carbonyl (C=O) groups is 2. The highest BCUT2D eigenvalue weighted by Crippen LogP contribution is 2.13. The molecule has 0 aliphatic carbocycles. The van der Waals surface area contributed by atoms with Gasteiger partial charge in [-0.25, -0.2) is 4.79 Å². The summed E-state index contributed by atoms with van der Waals surface area (Å²) in [5.74, 6) is 0.207. The van der Waals surface area contributed by atoms with E-state index in [0.717, 1.165) is 11.1 Å². The van der Waals surface area contributed by atoms with E-state index in [4.69, 9.17) is 9.47 Å². The first-order valence-corrected chi connectivity index (χ1v) is 10.4. The second-order valence-electron chi connectivity index (χ2n) is 7.15. The molecule has 0 aliphatic rings. The molecular weight excluding hydrogens is 390 g/mol. The van der Waals surface area contributed by atoms with Crippen molar-refractivity contribution in [3.8, 4) is 5.75 Å². The van der Waals surface area contributed by atoms with Crippen LogP contribution in [0.15, 0.2) is 91.0 Å². The van der Waals surface area contributed by atoms with Gasteiger partial charge in [0.25, 0.3) is 0 Å². The first kappa shape index (κ1) is 22.1. The summed E-state index contributed by atoms with van der Waals surface area (Å²) < 4.78 is 10.6. The molecule has 0 saturated heterocycles. The fourth-order valence-electron chi connectivity index (χ4n) is 3.11. The average Bonchev–Trinajstić information content (AvgIpc) is 2.82. The van der Waals surface area contributed by atoms with Crippen LogP contribution in [0.25, 0.3) is 0 Å². The quantitative estimate of drug-likeness (QED) is 0.338. The minimum absolute atomic E-state index is 0.0318. The van der Waals surface area contributed by atoms with Crippen molar-refractivity contribution in [2.45, 2.75) is 25.9 Å². The Bertz CT molecular complexity index is 888. The van der Waals surface area contributed by atoms with Gasteiger partial charge in [0.15, 0.2) is 6.61 Å².